The van der Waals surface area contributed by atoms with E-state index in [1.54, 1.807) is 39.1 Å². The number of rotatable bonds is 10. The van der Waals surface area contributed by atoms with Crippen LogP contribution in [0.4, 0.5) is 5.69 Å². The molecule has 3 fully saturated rings. The quantitative estimate of drug-likeness (QED) is 0.219. The minimum atomic E-state index is -3.78. The lowest BCUT2D eigenvalue weighted by atomic mass is 9.84. The lowest BCUT2D eigenvalue weighted by Gasteiger charge is -2.39. The number of carbonyl (C=O) groups is 5. The molecule has 0 saturated carbocycles. The molecule has 0 radical (unpaired) electrons. The summed E-state index contributed by atoms with van der Waals surface area (Å²) >= 11 is 0. The van der Waals surface area contributed by atoms with Gasteiger partial charge in [0.1, 0.15) is 18.1 Å². The summed E-state index contributed by atoms with van der Waals surface area (Å²) < 4.78 is 42.4. The van der Waals surface area contributed by atoms with Gasteiger partial charge in [-0.3, -0.25) is 34.0 Å². The van der Waals surface area contributed by atoms with Crippen LogP contribution in [-0.4, -0.2) is 145 Å². The van der Waals surface area contributed by atoms with E-state index in [-0.39, 0.29) is 62.9 Å². The monoisotopic (exact) mass is 944 g/mol. The molecule has 67 heavy (non-hydrogen) atoms. The van der Waals surface area contributed by atoms with Gasteiger partial charge in [0.05, 0.1) is 41.0 Å². The molecule has 18 heteroatoms. The van der Waals surface area contributed by atoms with Crippen LogP contribution in [0.1, 0.15) is 84.6 Å². The van der Waals surface area contributed by atoms with Crippen molar-refractivity contribution in [1.82, 2.24) is 35.1 Å². The first-order valence-corrected chi connectivity index (χ1v) is 25.3. The maximum absolute atomic E-state index is 14.8. The van der Waals surface area contributed by atoms with Gasteiger partial charge in [0.15, 0.2) is 9.84 Å². The fourth-order valence-electron chi connectivity index (χ4n) is 10.4. The standard InChI is InChI=1S/C49H68N8O9S/c1-10-41(58)55-21-18-32(27-55)46(60)53(8)43(30(3)4)45(59)51-39-25-34-28-54(22-23-67(34,63)64)33-16-17-40-36(24-33)37(44(56(40)11-2)35-14-12-19-50-42(35)31(5)65-9)26-49(6,7)29-66-48(62)38-15-13-20-57(52-38)47(39)61/h10,12,14,16-17,19,24,30-32,34,38-39,43,52H,1,11,13,15,18,20-23,25-29H2,2-9H3,(H,51,59)/t31-,32-,34?,38-,39-,43-/m0/s1. The number of anilines is 1. The number of cyclic esters (lactones) is 1. The summed E-state index contributed by atoms with van der Waals surface area (Å²) in [5.41, 5.74) is 8.02. The number of fused-ring (bicyclic) bond motifs is 6. The van der Waals surface area contributed by atoms with Gasteiger partial charge in [0.2, 0.25) is 17.7 Å². The number of pyridine rings is 1. The van der Waals surface area contributed by atoms with Gasteiger partial charge in [-0.15, -0.1) is 0 Å². The summed E-state index contributed by atoms with van der Waals surface area (Å²) in [5.74, 6) is -3.44. The molecule has 2 N–H and O–H groups in total. The van der Waals surface area contributed by atoms with Crippen molar-refractivity contribution >= 4 is 56.0 Å². The number of aromatic nitrogens is 2. The Morgan fingerprint density at radius 3 is 2.57 bits per heavy atom. The Hall–Kier alpha value is -5.33. The Bertz CT molecular complexity index is 2510. The molecule has 364 valence electrons. The fourth-order valence-corrected chi connectivity index (χ4v) is 12.1. The Kier molecular flexibility index (Phi) is 14.9. The fraction of sp³-hybridized carbons (Fsp3) is 0.592. The second-order valence-electron chi connectivity index (χ2n) is 19.7. The number of benzene rings is 1. The van der Waals surface area contributed by atoms with Crippen LogP contribution in [0.25, 0.3) is 22.2 Å². The van der Waals surface area contributed by atoms with Crippen molar-refractivity contribution in [1.29, 1.82) is 0 Å². The number of hydrogen-bond acceptors (Lipinski definition) is 12. The highest BCUT2D eigenvalue weighted by atomic mass is 32.2. The minimum absolute atomic E-state index is 0.0593. The van der Waals surface area contributed by atoms with E-state index in [0.717, 1.165) is 39.1 Å². The molecule has 0 aliphatic carbocycles. The Balaban J connectivity index is 1.28. The minimum Gasteiger partial charge on any atom is -0.464 e. The normalized spacial score (nSPS) is 24.2. The van der Waals surface area contributed by atoms with Crippen molar-refractivity contribution in [2.75, 3.05) is 64.1 Å². The smallest absolute Gasteiger partial charge is 0.324 e. The largest absolute Gasteiger partial charge is 0.464 e. The van der Waals surface area contributed by atoms with Crippen LogP contribution < -0.4 is 15.6 Å². The number of nitrogens with one attached hydrogen (secondary N) is 2. The summed E-state index contributed by atoms with van der Waals surface area (Å²) in [5, 5.41) is 4.12. The van der Waals surface area contributed by atoms with Gasteiger partial charge in [-0.1, -0.05) is 34.3 Å². The second-order valence-corrected chi connectivity index (χ2v) is 22.1. The van der Waals surface area contributed by atoms with Crippen LogP contribution >= 0.6 is 0 Å². The third-order valence-corrected chi connectivity index (χ3v) is 16.2. The molecule has 4 amide bonds. The number of esters is 1. The average Bonchev–Trinajstić information content (AvgIpc) is 3.92. The van der Waals surface area contributed by atoms with E-state index >= 15 is 0 Å². The Morgan fingerprint density at radius 1 is 1.10 bits per heavy atom. The number of ether oxygens (including phenoxy) is 2. The number of hydrazine groups is 1. The molecule has 4 aliphatic heterocycles. The topological polar surface area (TPSA) is 193 Å². The number of likely N-dealkylation sites (tertiary alicyclic amines) is 1. The molecule has 6 bridgehead atoms. The molecule has 3 aromatic rings. The maximum Gasteiger partial charge on any atom is 0.324 e. The predicted molar refractivity (Wildman–Crippen MR) is 255 cm³/mol. The van der Waals surface area contributed by atoms with Crippen LogP contribution in [-0.2, 0) is 56.2 Å². The third-order valence-electron chi connectivity index (χ3n) is 14.0. The van der Waals surface area contributed by atoms with E-state index in [4.69, 9.17) is 14.5 Å². The number of carbonyl (C=O) groups excluding carboxylic acids is 5. The SMILES string of the molecule is C=CC(=O)N1CC[C@H](C(=O)N(C)[C@H](C(=O)N[C@H]2CC3CN(CCS3(=O)=O)c3ccc4c(c3)c(c(-c3cccnc3[C@H](C)OC)n4CC)CC(C)(C)COC(=O)[C@@H]3CCCN(N3)C2=O)C(C)C)C1. The maximum atomic E-state index is 14.8. The first kappa shape index (κ1) is 49.6. The van der Waals surface area contributed by atoms with Gasteiger partial charge in [0.25, 0.3) is 5.91 Å². The van der Waals surface area contributed by atoms with Crippen molar-refractivity contribution in [3.8, 4) is 11.3 Å². The molecule has 7 rings (SSSR count). The van der Waals surface area contributed by atoms with E-state index in [2.05, 4.69) is 60.9 Å². The van der Waals surface area contributed by atoms with Crippen LogP contribution in [0.15, 0.2) is 49.2 Å². The molecule has 1 aromatic carbocycles. The molecular formula is C49H68N8O9S. The third kappa shape index (κ3) is 10.3. The Morgan fingerprint density at radius 2 is 1.87 bits per heavy atom. The molecule has 0 spiro atoms. The van der Waals surface area contributed by atoms with Crippen molar-refractivity contribution in [3.05, 3.63) is 60.4 Å². The van der Waals surface area contributed by atoms with Crippen molar-refractivity contribution in [2.45, 2.75) is 110 Å². The summed E-state index contributed by atoms with van der Waals surface area (Å²) in [4.78, 5) is 79.2. The number of hydrogen-bond donors (Lipinski definition) is 2. The van der Waals surface area contributed by atoms with Gasteiger partial charge in [0, 0.05) is 87.2 Å². The average molecular weight is 945 g/mol. The highest BCUT2D eigenvalue weighted by Crippen LogP contribution is 2.42. The zero-order chi connectivity index (χ0) is 48.5. The summed E-state index contributed by atoms with van der Waals surface area (Å²) in [6, 6.07) is 6.90. The molecule has 2 aromatic heterocycles. The van der Waals surface area contributed by atoms with Gasteiger partial charge in [-0.25, -0.2) is 13.8 Å². The van der Waals surface area contributed by atoms with Crippen LogP contribution in [0, 0.1) is 17.3 Å². The first-order valence-electron chi connectivity index (χ1n) is 23.6. The van der Waals surface area contributed by atoms with E-state index in [1.807, 2.05) is 24.0 Å². The van der Waals surface area contributed by atoms with E-state index in [0.29, 0.717) is 38.8 Å². The molecule has 1 unspecified atom stereocenters. The number of aryl methyl sites for hydroxylation is 1. The van der Waals surface area contributed by atoms with Crippen molar-refractivity contribution in [2.24, 2.45) is 17.3 Å². The molecule has 3 saturated heterocycles. The van der Waals surface area contributed by atoms with E-state index < -0.39 is 68.2 Å². The van der Waals surface area contributed by atoms with Crippen molar-refractivity contribution in [3.63, 3.8) is 0 Å². The van der Waals surface area contributed by atoms with Gasteiger partial charge < -0.3 is 34.1 Å². The first-order chi connectivity index (χ1) is 31.8. The van der Waals surface area contributed by atoms with Gasteiger partial charge in [-0.05, 0) is 93.8 Å². The number of nitrogens with zero attached hydrogens (tertiary/aromatic N) is 6. The summed E-state index contributed by atoms with van der Waals surface area (Å²) in [6.45, 7) is 17.1. The predicted octanol–water partition coefficient (Wildman–Crippen LogP) is 4.05. The molecule has 6 heterocycles. The lowest BCUT2D eigenvalue weighted by molar-refractivity contribution is -0.155. The van der Waals surface area contributed by atoms with Crippen LogP contribution in [0.2, 0.25) is 0 Å². The molecule has 17 nitrogen and oxygen atoms in total. The van der Waals surface area contributed by atoms with Gasteiger partial charge in [-0.2, -0.15) is 0 Å². The number of likely N-dealkylation sites (N-methyl/N-ethyl adjacent to an activating group) is 1. The molecule has 4 aliphatic rings. The van der Waals surface area contributed by atoms with Gasteiger partial charge >= 0.3 is 5.97 Å². The Labute approximate surface area is 394 Å². The number of sulfone groups is 1. The highest BCUT2D eigenvalue weighted by molar-refractivity contribution is 7.92. The lowest BCUT2D eigenvalue weighted by Crippen LogP contribution is -2.63. The zero-order valence-electron chi connectivity index (χ0n) is 40.2. The summed E-state index contributed by atoms with van der Waals surface area (Å²) in [7, 11) is -0.585. The highest BCUT2D eigenvalue weighted by Gasteiger charge is 2.43. The van der Waals surface area contributed by atoms with E-state index in [1.165, 1.54) is 16.0 Å². The van der Waals surface area contributed by atoms with Crippen LogP contribution in [0.3, 0.4) is 0 Å². The molecular weight excluding hydrogens is 877 g/mol. The number of methoxy groups -OCH3 is 1. The zero-order valence-corrected chi connectivity index (χ0v) is 41.1. The second kappa shape index (κ2) is 20.1. The van der Waals surface area contributed by atoms with E-state index in [9.17, 15) is 32.4 Å². The van der Waals surface area contributed by atoms with Crippen LogP contribution in [0.5, 0.6) is 0 Å². The molecule has 6 atom stereocenters. The summed E-state index contributed by atoms with van der Waals surface area (Å²) in [6.07, 6.45) is 4.20. The number of amides is 4. The van der Waals surface area contributed by atoms with Crippen molar-refractivity contribution < 1.29 is 41.9 Å².